The van der Waals surface area contributed by atoms with Crippen molar-refractivity contribution >= 4 is 11.7 Å². The lowest BCUT2D eigenvalue weighted by Gasteiger charge is -2.08. The van der Waals surface area contributed by atoms with E-state index in [2.05, 4.69) is 10.1 Å². The molecule has 0 saturated carbocycles. The molecule has 19 heavy (non-hydrogen) atoms. The van der Waals surface area contributed by atoms with Gasteiger partial charge in [-0.1, -0.05) is 30.3 Å². The highest BCUT2D eigenvalue weighted by Crippen LogP contribution is 2.13. The lowest BCUT2D eigenvalue weighted by atomic mass is 10.1. The summed E-state index contributed by atoms with van der Waals surface area (Å²) in [5.74, 6) is -1.10. The van der Waals surface area contributed by atoms with Crippen LogP contribution in [0, 0.1) is 0 Å². The van der Waals surface area contributed by atoms with Crippen molar-refractivity contribution in [2.75, 3.05) is 19.8 Å². The highest BCUT2D eigenvalue weighted by atomic mass is 19.4. The van der Waals surface area contributed by atoms with Gasteiger partial charge in [-0.15, -0.1) is 0 Å². The van der Waals surface area contributed by atoms with E-state index in [1.165, 1.54) is 0 Å². The monoisotopic (exact) mass is 275 g/mol. The summed E-state index contributed by atoms with van der Waals surface area (Å²) < 4.78 is 39.3. The minimum absolute atomic E-state index is 0.280. The van der Waals surface area contributed by atoms with Crippen LogP contribution in [-0.4, -0.2) is 37.6 Å². The van der Waals surface area contributed by atoms with Crippen LogP contribution in [0.5, 0.6) is 0 Å². The number of Topliss-reactive ketones (excluding diaryl/α,β-unsaturated/α-hetero) is 1. The minimum atomic E-state index is -4.47. The Hall–Kier alpha value is -1.89. The number of rotatable bonds is 6. The first-order valence-corrected chi connectivity index (χ1v) is 5.38. The lowest BCUT2D eigenvalue weighted by molar-refractivity contribution is -0.175. The highest BCUT2D eigenvalue weighted by Gasteiger charge is 2.27. The Balaban J connectivity index is 2.25. The van der Waals surface area contributed by atoms with Gasteiger partial charge in [0.15, 0.2) is 5.78 Å². The second-order valence-corrected chi connectivity index (χ2v) is 3.67. The normalized spacial score (nSPS) is 11.1. The van der Waals surface area contributed by atoms with Gasteiger partial charge in [-0.3, -0.25) is 9.59 Å². The zero-order chi connectivity index (χ0) is 14.3. The number of carbonyl (C=O) groups is 2. The molecule has 0 saturated heterocycles. The Kier molecular flexibility index (Phi) is 5.50. The van der Waals surface area contributed by atoms with Crippen molar-refractivity contribution in [3.05, 3.63) is 35.9 Å². The maximum atomic E-state index is 11.7. The van der Waals surface area contributed by atoms with Gasteiger partial charge in [0.25, 0.3) is 0 Å². The van der Waals surface area contributed by atoms with Gasteiger partial charge in [0.1, 0.15) is 13.2 Å². The first-order chi connectivity index (χ1) is 8.88. The molecule has 1 N–H and O–H groups in total. The maximum Gasteiger partial charge on any atom is 0.411 e. The molecule has 1 aromatic carbocycles. The molecule has 0 bridgehead atoms. The molecule has 0 fully saturated rings. The fourth-order valence-corrected chi connectivity index (χ4v) is 1.22. The summed E-state index contributed by atoms with van der Waals surface area (Å²) in [6.45, 7) is -2.51. The molecule has 4 nitrogen and oxygen atoms in total. The fourth-order valence-electron chi connectivity index (χ4n) is 1.22. The van der Waals surface area contributed by atoms with E-state index in [0.717, 1.165) is 0 Å². The summed E-state index contributed by atoms with van der Waals surface area (Å²) >= 11 is 0. The van der Waals surface area contributed by atoms with Crippen LogP contribution in [0.1, 0.15) is 10.4 Å². The van der Waals surface area contributed by atoms with Crippen molar-refractivity contribution in [2.24, 2.45) is 0 Å². The van der Waals surface area contributed by atoms with Gasteiger partial charge < -0.3 is 10.1 Å². The molecule has 0 aromatic heterocycles. The van der Waals surface area contributed by atoms with E-state index in [9.17, 15) is 22.8 Å². The average molecular weight is 275 g/mol. The molecule has 104 valence electrons. The number of benzene rings is 1. The number of carbonyl (C=O) groups excluding carboxylic acids is 2. The standard InChI is InChI=1S/C12H12F3NO3/c13-12(14,15)8-19-7-11(18)16-6-10(17)9-4-2-1-3-5-9/h1-5H,6-8H2,(H,16,18). The molecule has 1 rings (SSSR count). The molecule has 0 aliphatic heterocycles. The van der Waals surface area contributed by atoms with Crippen LogP contribution < -0.4 is 5.32 Å². The fraction of sp³-hybridized carbons (Fsp3) is 0.333. The topological polar surface area (TPSA) is 55.4 Å². The number of nitrogens with one attached hydrogen (secondary N) is 1. The summed E-state index contributed by atoms with van der Waals surface area (Å²) in [7, 11) is 0. The first kappa shape index (κ1) is 15.2. The van der Waals surface area contributed by atoms with E-state index in [4.69, 9.17) is 0 Å². The molecule has 1 aromatic rings. The van der Waals surface area contributed by atoms with Crippen molar-refractivity contribution in [3.63, 3.8) is 0 Å². The van der Waals surface area contributed by atoms with E-state index < -0.39 is 25.3 Å². The molecular formula is C12H12F3NO3. The summed E-state index contributed by atoms with van der Waals surface area (Å²) in [4.78, 5) is 22.7. The largest absolute Gasteiger partial charge is 0.411 e. The van der Waals surface area contributed by atoms with Gasteiger partial charge >= 0.3 is 6.18 Å². The average Bonchev–Trinajstić information content (AvgIpc) is 2.35. The molecule has 0 aliphatic rings. The second kappa shape index (κ2) is 6.89. The van der Waals surface area contributed by atoms with E-state index in [1.54, 1.807) is 30.3 Å². The van der Waals surface area contributed by atoms with Gasteiger partial charge in [-0.05, 0) is 0 Å². The van der Waals surface area contributed by atoms with Crippen LogP contribution >= 0.6 is 0 Å². The number of alkyl halides is 3. The maximum absolute atomic E-state index is 11.7. The van der Waals surface area contributed by atoms with Crippen LogP contribution in [0.3, 0.4) is 0 Å². The zero-order valence-corrected chi connectivity index (χ0v) is 9.87. The van der Waals surface area contributed by atoms with E-state index >= 15 is 0 Å². The predicted molar refractivity (Wildman–Crippen MR) is 60.7 cm³/mol. The number of halogens is 3. The summed E-state index contributed by atoms with van der Waals surface area (Å²) in [5.41, 5.74) is 0.416. The first-order valence-electron chi connectivity index (χ1n) is 5.38. The molecule has 1 amide bonds. The van der Waals surface area contributed by atoms with Crippen LogP contribution in [0.25, 0.3) is 0 Å². The van der Waals surface area contributed by atoms with Crippen LogP contribution in [0.4, 0.5) is 13.2 Å². The molecule has 0 atom stereocenters. The number of hydrogen-bond donors (Lipinski definition) is 1. The summed E-state index contributed by atoms with van der Waals surface area (Å²) in [5, 5.41) is 2.19. The predicted octanol–water partition coefficient (Wildman–Crippen LogP) is 1.56. The third kappa shape index (κ3) is 6.56. The Morgan fingerprint density at radius 1 is 1.16 bits per heavy atom. The smallest absolute Gasteiger partial charge is 0.362 e. The number of amides is 1. The van der Waals surface area contributed by atoms with Crippen LogP contribution in [-0.2, 0) is 9.53 Å². The van der Waals surface area contributed by atoms with Crippen molar-refractivity contribution in [1.29, 1.82) is 0 Å². The van der Waals surface area contributed by atoms with Crippen LogP contribution in [0.15, 0.2) is 30.3 Å². The number of hydrogen-bond acceptors (Lipinski definition) is 3. The van der Waals surface area contributed by atoms with Gasteiger partial charge in [0.05, 0.1) is 6.54 Å². The van der Waals surface area contributed by atoms with Gasteiger partial charge in [-0.2, -0.15) is 13.2 Å². The molecule has 0 heterocycles. The SMILES string of the molecule is O=C(COCC(F)(F)F)NCC(=O)c1ccccc1. The molecule has 0 radical (unpaired) electrons. The van der Waals surface area contributed by atoms with Gasteiger partial charge in [0.2, 0.25) is 5.91 Å². The van der Waals surface area contributed by atoms with Crippen molar-refractivity contribution in [1.82, 2.24) is 5.32 Å². The van der Waals surface area contributed by atoms with Gasteiger partial charge in [-0.25, -0.2) is 0 Å². The molecule has 0 spiro atoms. The molecule has 0 aliphatic carbocycles. The molecular weight excluding hydrogens is 263 g/mol. The molecule has 0 unspecified atom stereocenters. The number of ketones is 1. The Bertz CT molecular complexity index is 432. The summed E-state index contributed by atoms with van der Waals surface area (Å²) in [6.07, 6.45) is -4.47. The molecule has 7 heteroatoms. The zero-order valence-electron chi connectivity index (χ0n) is 9.87. The van der Waals surface area contributed by atoms with Crippen molar-refractivity contribution in [3.8, 4) is 0 Å². The van der Waals surface area contributed by atoms with E-state index in [0.29, 0.717) is 5.56 Å². The lowest BCUT2D eigenvalue weighted by Crippen LogP contribution is -2.33. The number of ether oxygens (including phenoxy) is 1. The van der Waals surface area contributed by atoms with E-state index in [-0.39, 0.29) is 12.3 Å². The minimum Gasteiger partial charge on any atom is -0.362 e. The third-order valence-electron chi connectivity index (χ3n) is 2.04. The van der Waals surface area contributed by atoms with Crippen molar-refractivity contribution in [2.45, 2.75) is 6.18 Å². The van der Waals surface area contributed by atoms with Gasteiger partial charge in [0, 0.05) is 5.56 Å². The van der Waals surface area contributed by atoms with E-state index in [1.807, 2.05) is 0 Å². The van der Waals surface area contributed by atoms with Crippen molar-refractivity contribution < 1.29 is 27.5 Å². The summed E-state index contributed by atoms with van der Waals surface area (Å²) in [6, 6.07) is 8.23. The quantitative estimate of drug-likeness (QED) is 0.802. The Morgan fingerprint density at radius 3 is 2.37 bits per heavy atom. The Labute approximate surface area is 107 Å². The highest BCUT2D eigenvalue weighted by molar-refractivity contribution is 5.99. The van der Waals surface area contributed by atoms with Crippen LogP contribution in [0.2, 0.25) is 0 Å². The second-order valence-electron chi connectivity index (χ2n) is 3.67. The Morgan fingerprint density at radius 2 is 1.79 bits per heavy atom. The third-order valence-corrected chi connectivity index (χ3v) is 2.04.